The van der Waals surface area contributed by atoms with Gasteiger partial charge in [0, 0.05) is 49.6 Å². The zero-order chi connectivity index (χ0) is 19.2. The number of likely N-dealkylation sites (tertiary alicyclic amines) is 1. The molecule has 2 aliphatic rings. The minimum absolute atomic E-state index is 0.230. The maximum absolute atomic E-state index is 12.5. The summed E-state index contributed by atoms with van der Waals surface area (Å²) >= 11 is 0. The smallest absolute Gasteiger partial charge is 0.244 e. The Hall–Kier alpha value is -2.35. The molecule has 28 heavy (non-hydrogen) atoms. The topological polar surface area (TPSA) is 74.4 Å². The molecule has 0 radical (unpaired) electrons. The number of para-hydroxylation sites is 2. The Bertz CT molecular complexity index is 1110. The summed E-state index contributed by atoms with van der Waals surface area (Å²) in [6.07, 6.45) is 3.65. The molecule has 1 spiro atoms. The summed E-state index contributed by atoms with van der Waals surface area (Å²) in [5, 5.41) is 1.26. The third-order valence-electron chi connectivity index (χ3n) is 5.89. The highest BCUT2D eigenvalue weighted by molar-refractivity contribution is 7.89. The largest absolute Gasteiger partial charge is 0.484 e. The Morgan fingerprint density at radius 1 is 1.04 bits per heavy atom. The van der Waals surface area contributed by atoms with Gasteiger partial charge < -0.3 is 9.72 Å². The molecule has 2 aromatic carbocycles. The van der Waals surface area contributed by atoms with Gasteiger partial charge in [-0.15, -0.1) is 0 Å². The van der Waals surface area contributed by atoms with Crippen molar-refractivity contribution in [3.8, 4) is 5.75 Å². The van der Waals surface area contributed by atoms with E-state index in [0.29, 0.717) is 12.3 Å². The van der Waals surface area contributed by atoms with Gasteiger partial charge in [0.1, 0.15) is 16.2 Å². The highest BCUT2D eigenvalue weighted by Crippen LogP contribution is 2.35. The fraction of sp³-hybridized carbons (Fsp3) is 0.333. The van der Waals surface area contributed by atoms with E-state index in [4.69, 9.17) is 4.74 Å². The molecule has 0 amide bonds. The van der Waals surface area contributed by atoms with Gasteiger partial charge in [-0.05, 0) is 23.8 Å². The lowest BCUT2D eigenvalue weighted by molar-refractivity contribution is 0.00379. The molecule has 0 atom stereocenters. The first-order chi connectivity index (χ1) is 13.5. The molecular formula is C21H23N3O3S. The van der Waals surface area contributed by atoms with Crippen LogP contribution in [-0.4, -0.2) is 43.5 Å². The lowest BCUT2D eigenvalue weighted by Gasteiger charge is -2.41. The standard InChI is InChI=1S/C21H23N3O3S/c25-28(26)20-8-4-3-7-19(20)27-21(15-23-28)9-11-24(12-10-21)14-16-13-22-18-6-2-1-5-17(16)18/h1-8,13,22-23H,9-12,14-15H2. The normalized spacial score (nSPS) is 21.1. The van der Waals surface area contributed by atoms with Crippen molar-refractivity contribution >= 4 is 20.9 Å². The number of nitrogens with zero attached hydrogens (tertiary/aromatic N) is 1. The second-order valence-electron chi connectivity index (χ2n) is 7.69. The molecule has 0 saturated carbocycles. The zero-order valence-corrected chi connectivity index (χ0v) is 16.3. The number of ether oxygens (including phenoxy) is 1. The predicted octanol–water partition coefficient (Wildman–Crippen LogP) is 2.87. The molecule has 2 aliphatic heterocycles. The minimum atomic E-state index is -3.53. The number of hydrogen-bond acceptors (Lipinski definition) is 4. The summed E-state index contributed by atoms with van der Waals surface area (Å²) in [7, 11) is -3.53. The number of hydrogen-bond donors (Lipinski definition) is 2. The van der Waals surface area contributed by atoms with E-state index < -0.39 is 15.6 Å². The van der Waals surface area contributed by atoms with E-state index in [-0.39, 0.29) is 4.90 Å². The molecule has 7 heteroatoms. The number of benzene rings is 2. The van der Waals surface area contributed by atoms with Gasteiger partial charge in [0.05, 0.1) is 6.54 Å². The maximum atomic E-state index is 12.5. The van der Waals surface area contributed by atoms with E-state index in [1.54, 1.807) is 18.2 Å². The molecule has 0 aliphatic carbocycles. The van der Waals surface area contributed by atoms with Crippen LogP contribution in [0.1, 0.15) is 18.4 Å². The summed E-state index contributed by atoms with van der Waals surface area (Å²) in [5.41, 5.74) is 1.96. The van der Waals surface area contributed by atoms with E-state index >= 15 is 0 Å². The van der Waals surface area contributed by atoms with E-state index in [1.807, 2.05) is 12.1 Å². The Labute approximate surface area is 164 Å². The van der Waals surface area contributed by atoms with Crippen molar-refractivity contribution in [2.24, 2.45) is 0 Å². The number of fused-ring (bicyclic) bond motifs is 2. The summed E-state index contributed by atoms with van der Waals surface area (Å²) in [5.74, 6) is 0.456. The van der Waals surface area contributed by atoms with Gasteiger partial charge in [0.15, 0.2) is 0 Å². The van der Waals surface area contributed by atoms with Crippen molar-refractivity contribution in [3.05, 3.63) is 60.3 Å². The van der Waals surface area contributed by atoms with Crippen LogP contribution in [0.3, 0.4) is 0 Å². The van der Waals surface area contributed by atoms with Crippen LogP contribution in [0.4, 0.5) is 0 Å². The van der Waals surface area contributed by atoms with Crippen LogP contribution in [0.15, 0.2) is 59.6 Å². The van der Waals surface area contributed by atoms with Gasteiger partial charge >= 0.3 is 0 Å². The molecule has 6 nitrogen and oxygen atoms in total. The second kappa shape index (κ2) is 6.62. The van der Waals surface area contributed by atoms with E-state index in [9.17, 15) is 8.42 Å². The first-order valence-corrected chi connectivity index (χ1v) is 11.1. The lowest BCUT2D eigenvalue weighted by Crippen LogP contribution is -2.52. The van der Waals surface area contributed by atoms with E-state index in [0.717, 1.165) is 38.0 Å². The molecule has 0 bridgehead atoms. The molecule has 0 unspecified atom stereocenters. The van der Waals surface area contributed by atoms with Crippen LogP contribution >= 0.6 is 0 Å². The second-order valence-corrected chi connectivity index (χ2v) is 9.43. The lowest BCUT2D eigenvalue weighted by atomic mass is 9.90. The average Bonchev–Trinajstić information content (AvgIpc) is 3.07. The monoisotopic (exact) mass is 397 g/mol. The molecule has 1 fully saturated rings. The number of piperidine rings is 1. The van der Waals surface area contributed by atoms with Gasteiger partial charge in [0.25, 0.3) is 0 Å². The molecule has 1 aromatic heterocycles. The number of rotatable bonds is 2. The van der Waals surface area contributed by atoms with Crippen LogP contribution in [-0.2, 0) is 16.6 Å². The van der Waals surface area contributed by atoms with Crippen LogP contribution in [0.2, 0.25) is 0 Å². The summed E-state index contributed by atoms with van der Waals surface area (Å²) in [6.45, 7) is 2.92. The highest BCUT2D eigenvalue weighted by Gasteiger charge is 2.41. The first-order valence-electron chi connectivity index (χ1n) is 9.60. The Morgan fingerprint density at radius 2 is 1.79 bits per heavy atom. The van der Waals surface area contributed by atoms with Crippen molar-refractivity contribution < 1.29 is 13.2 Å². The minimum Gasteiger partial charge on any atom is -0.484 e. The van der Waals surface area contributed by atoms with Gasteiger partial charge in [0.2, 0.25) is 10.0 Å². The number of aromatic amines is 1. The number of H-pyrrole nitrogens is 1. The molecule has 1 saturated heterocycles. The molecule has 5 rings (SSSR count). The Balaban J connectivity index is 1.33. The zero-order valence-electron chi connectivity index (χ0n) is 15.5. The van der Waals surface area contributed by atoms with Crippen molar-refractivity contribution in [3.63, 3.8) is 0 Å². The summed E-state index contributed by atoms with van der Waals surface area (Å²) in [4.78, 5) is 5.98. The van der Waals surface area contributed by atoms with Gasteiger partial charge in [-0.3, -0.25) is 4.90 Å². The molecule has 2 N–H and O–H groups in total. The third-order valence-corrected chi connectivity index (χ3v) is 7.33. The summed E-state index contributed by atoms with van der Waals surface area (Å²) in [6, 6.07) is 15.2. The Morgan fingerprint density at radius 3 is 2.64 bits per heavy atom. The highest BCUT2D eigenvalue weighted by atomic mass is 32.2. The molecule has 146 valence electrons. The van der Waals surface area contributed by atoms with Crippen LogP contribution in [0.25, 0.3) is 10.9 Å². The maximum Gasteiger partial charge on any atom is 0.244 e. The first kappa shape index (κ1) is 17.7. The van der Waals surface area contributed by atoms with Crippen LogP contribution < -0.4 is 9.46 Å². The molecule has 3 heterocycles. The number of aromatic nitrogens is 1. The average molecular weight is 398 g/mol. The fourth-order valence-corrected chi connectivity index (χ4v) is 5.47. The van der Waals surface area contributed by atoms with Crippen molar-refractivity contribution in [2.75, 3.05) is 19.6 Å². The molecule has 3 aromatic rings. The van der Waals surface area contributed by atoms with Crippen molar-refractivity contribution in [2.45, 2.75) is 29.9 Å². The molecular weight excluding hydrogens is 374 g/mol. The number of sulfonamides is 1. The van der Waals surface area contributed by atoms with Crippen molar-refractivity contribution in [1.82, 2.24) is 14.6 Å². The van der Waals surface area contributed by atoms with Gasteiger partial charge in [-0.25, -0.2) is 13.1 Å². The third kappa shape index (κ3) is 3.09. The van der Waals surface area contributed by atoms with Crippen molar-refractivity contribution in [1.29, 1.82) is 0 Å². The SMILES string of the molecule is O=S1(=O)NCC2(CCN(Cc3c[nH]c4ccccc34)CC2)Oc2ccccc21. The van der Waals surface area contributed by atoms with Crippen LogP contribution in [0.5, 0.6) is 5.75 Å². The Kier molecular flexibility index (Phi) is 4.19. The quantitative estimate of drug-likeness (QED) is 0.697. The van der Waals surface area contributed by atoms with E-state index in [2.05, 4.69) is 39.0 Å². The van der Waals surface area contributed by atoms with Crippen LogP contribution in [0, 0.1) is 0 Å². The van der Waals surface area contributed by atoms with Gasteiger partial charge in [-0.1, -0.05) is 30.3 Å². The number of nitrogens with one attached hydrogen (secondary N) is 2. The van der Waals surface area contributed by atoms with E-state index in [1.165, 1.54) is 10.9 Å². The van der Waals surface area contributed by atoms with Gasteiger partial charge in [-0.2, -0.15) is 0 Å². The predicted molar refractivity (Wildman–Crippen MR) is 108 cm³/mol. The summed E-state index contributed by atoms with van der Waals surface area (Å²) < 4.78 is 34.1. The fourth-order valence-electron chi connectivity index (χ4n) is 4.23.